The Morgan fingerprint density at radius 2 is 1.88 bits per heavy atom. The molecular weight excluding hydrogens is 434 g/mol. The summed E-state index contributed by atoms with van der Waals surface area (Å²) in [6, 6.07) is 9.92. The normalized spacial score (nSPS) is 18.5. The van der Waals surface area contributed by atoms with Crippen LogP contribution in [0.15, 0.2) is 53.2 Å². The minimum Gasteiger partial charge on any atom is -0.480 e. The summed E-state index contributed by atoms with van der Waals surface area (Å²) in [6.07, 6.45) is 3.55. The van der Waals surface area contributed by atoms with Crippen LogP contribution in [0.1, 0.15) is 31.7 Å². The van der Waals surface area contributed by atoms with Crippen LogP contribution in [0.25, 0.3) is 22.1 Å². The number of anilines is 1. The molecule has 174 valence electrons. The third-order valence-corrected chi connectivity index (χ3v) is 6.48. The number of benzene rings is 1. The first-order valence-corrected chi connectivity index (χ1v) is 11.1. The van der Waals surface area contributed by atoms with Crippen LogP contribution in [0.3, 0.4) is 0 Å². The lowest BCUT2D eigenvalue weighted by Crippen LogP contribution is -2.46. The Bertz CT molecular complexity index is 1400. The van der Waals surface area contributed by atoms with Crippen molar-refractivity contribution < 1.29 is 19.1 Å². The summed E-state index contributed by atoms with van der Waals surface area (Å²) >= 11 is 0. The number of carboxylic acids is 1. The Balaban J connectivity index is 1.48. The van der Waals surface area contributed by atoms with Crippen molar-refractivity contribution in [3.8, 4) is 0 Å². The number of carboxylic acid groups (broad SMARTS) is 1. The summed E-state index contributed by atoms with van der Waals surface area (Å²) in [7, 11) is 0. The Labute approximate surface area is 195 Å². The number of carbonyl (C=O) groups excluding carboxylic acids is 1. The lowest BCUT2D eigenvalue weighted by molar-refractivity contribution is -0.138. The minimum atomic E-state index is -0.981. The van der Waals surface area contributed by atoms with Crippen LogP contribution in [0.4, 0.5) is 5.82 Å². The van der Waals surface area contributed by atoms with Crippen LogP contribution in [0.5, 0.6) is 0 Å². The fourth-order valence-corrected chi connectivity index (χ4v) is 4.55. The molecule has 9 nitrogen and oxygen atoms in total. The molecule has 4 aromatic rings. The monoisotopic (exact) mass is 459 g/mol. The standard InChI is InChI=1S/C25H25N5O4/c1-14-27-20-17-6-4-5-7-19(17)34-21(20)22(28-14)30-13-16(12-18(30)23(31)32)29-24(33)25(2,3)15-8-10-26-11-9-15/h4-11,16,18H,12-13H2,1-3H3,(H,29,33)(H,31,32)/t16-,18-/m0/s1. The molecule has 5 rings (SSSR count). The number of aliphatic carboxylic acids is 1. The first-order valence-electron chi connectivity index (χ1n) is 11.1. The maximum Gasteiger partial charge on any atom is 0.326 e. The fourth-order valence-electron chi connectivity index (χ4n) is 4.55. The van der Waals surface area contributed by atoms with Gasteiger partial charge in [-0.25, -0.2) is 14.8 Å². The van der Waals surface area contributed by atoms with Crippen molar-refractivity contribution in [3.63, 3.8) is 0 Å². The van der Waals surface area contributed by atoms with Crippen molar-refractivity contribution in [2.75, 3.05) is 11.4 Å². The van der Waals surface area contributed by atoms with E-state index in [1.165, 1.54) is 0 Å². The number of amides is 1. The van der Waals surface area contributed by atoms with E-state index in [2.05, 4.69) is 20.3 Å². The Hall–Kier alpha value is -4.01. The van der Waals surface area contributed by atoms with E-state index < -0.39 is 17.4 Å². The zero-order valence-electron chi connectivity index (χ0n) is 19.1. The molecular formula is C25H25N5O4. The van der Waals surface area contributed by atoms with E-state index in [4.69, 9.17) is 4.42 Å². The number of hydrogen-bond acceptors (Lipinski definition) is 7. The molecule has 2 atom stereocenters. The quantitative estimate of drug-likeness (QED) is 0.467. The van der Waals surface area contributed by atoms with Gasteiger partial charge in [-0.3, -0.25) is 9.78 Å². The predicted octanol–water partition coefficient (Wildman–Crippen LogP) is 3.21. The third kappa shape index (κ3) is 3.63. The summed E-state index contributed by atoms with van der Waals surface area (Å²) < 4.78 is 6.05. The minimum absolute atomic E-state index is 0.178. The lowest BCUT2D eigenvalue weighted by Gasteiger charge is -2.26. The number of para-hydroxylation sites is 1. The van der Waals surface area contributed by atoms with E-state index >= 15 is 0 Å². The first-order chi connectivity index (χ1) is 16.3. The highest BCUT2D eigenvalue weighted by atomic mass is 16.4. The lowest BCUT2D eigenvalue weighted by atomic mass is 9.84. The summed E-state index contributed by atoms with van der Waals surface area (Å²) in [6.45, 7) is 5.74. The van der Waals surface area contributed by atoms with E-state index in [1.807, 2.05) is 50.2 Å². The molecule has 1 aliphatic rings. The third-order valence-electron chi connectivity index (χ3n) is 6.48. The van der Waals surface area contributed by atoms with Crippen LogP contribution >= 0.6 is 0 Å². The van der Waals surface area contributed by atoms with Gasteiger partial charge in [0.25, 0.3) is 0 Å². The van der Waals surface area contributed by atoms with Gasteiger partial charge in [-0.2, -0.15) is 0 Å². The fraction of sp³-hybridized carbons (Fsp3) is 0.320. The van der Waals surface area contributed by atoms with Gasteiger partial charge in [0.2, 0.25) is 5.91 Å². The van der Waals surface area contributed by atoms with Gasteiger partial charge in [0, 0.05) is 36.8 Å². The number of aromatic nitrogens is 3. The number of fused-ring (bicyclic) bond motifs is 3. The van der Waals surface area contributed by atoms with Crippen molar-refractivity contribution in [1.29, 1.82) is 0 Å². The van der Waals surface area contributed by atoms with Crippen LogP contribution in [-0.4, -0.2) is 50.6 Å². The van der Waals surface area contributed by atoms with Crippen LogP contribution in [0.2, 0.25) is 0 Å². The van der Waals surface area contributed by atoms with Crippen LogP contribution in [0, 0.1) is 6.92 Å². The molecule has 0 saturated carbocycles. The molecule has 1 saturated heterocycles. The molecule has 1 aromatic carbocycles. The number of rotatable bonds is 5. The Kier molecular flexibility index (Phi) is 5.19. The molecule has 0 unspecified atom stereocenters. The van der Waals surface area contributed by atoms with Crippen molar-refractivity contribution in [1.82, 2.24) is 20.3 Å². The zero-order valence-corrected chi connectivity index (χ0v) is 19.1. The Morgan fingerprint density at radius 3 is 2.62 bits per heavy atom. The molecule has 9 heteroatoms. The summed E-state index contributed by atoms with van der Waals surface area (Å²) in [5.74, 6) is -0.214. The van der Waals surface area contributed by atoms with Gasteiger partial charge in [-0.05, 0) is 50.6 Å². The number of furan rings is 1. The zero-order chi connectivity index (χ0) is 24.0. The second-order valence-electron chi connectivity index (χ2n) is 9.14. The first kappa shape index (κ1) is 21.8. The van der Waals surface area contributed by atoms with Crippen molar-refractivity contribution in [2.45, 2.75) is 44.7 Å². The molecule has 0 spiro atoms. The number of pyridine rings is 1. The van der Waals surface area contributed by atoms with Gasteiger partial charge < -0.3 is 19.7 Å². The maximum atomic E-state index is 13.2. The average Bonchev–Trinajstić information content (AvgIpc) is 3.41. The van der Waals surface area contributed by atoms with Gasteiger partial charge in [0.1, 0.15) is 23.0 Å². The SMILES string of the molecule is Cc1nc(N2C[C@@H](NC(=O)C(C)(C)c3ccncc3)C[C@H]2C(=O)O)c2oc3ccccc3c2n1. The molecule has 4 heterocycles. The van der Waals surface area contributed by atoms with Gasteiger partial charge in [0.15, 0.2) is 11.4 Å². The maximum absolute atomic E-state index is 13.2. The van der Waals surface area contributed by atoms with Crippen molar-refractivity contribution in [3.05, 3.63) is 60.2 Å². The topological polar surface area (TPSA) is 121 Å². The van der Waals surface area contributed by atoms with Gasteiger partial charge in [0.05, 0.1) is 5.41 Å². The molecule has 1 fully saturated rings. The summed E-state index contributed by atoms with van der Waals surface area (Å²) in [5, 5.41) is 13.9. The van der Waals surface area contributed by atoms with Crippen LogP contribution < -0.4 is 10.2 Å². The number of nitrogens with one attached hydrogen (secondary N) is 1. The van der Waals surface area contributed by atoms with E-state index in [9.17, 15) is 14.7 Å². The van der Waals surface area contributed by atoms with Crippen molar-refractivity contribution in [2.24, 2.45) is 0 Å². The molecule has 1 amide bonds. The summed E-state index contributed by atoms with van der Waals surface area (Å²) in [4.78, 5) is 40.2. The van der Waals surface area contributed by atoms with E-state index in [0.717, 1.165) is 10.9 Å². The van der Waals surface area contributed by atoms with E-state index in [1.54, 1.807) is 24.2 Å². The average molecular weight is 460 g/mol. The highest BCUT2D eigenvalue weighted by molar-refractivity contribution is 6.06. The number of hydrogen-bond donors (Lipinski definition) is 2. The van der Waals surface area contributed by atoms with Gasteiger partial charge >= 0.3 is 5.97 Å². The second-order valence-corrected chi connectivity index (χ2v) is 9.14. The highest BCUT2D eigenvalue weighted by Gasteiger charge is 2.41. The number of nitrogens with zero attached hydrogens (tertiary/aromatic N) is 4. The largest absolute Gasteiger partial charge is 0.480 e. The van der Waals surface area contributed by atoms with Gasteiger partial charge in [-0.15, -0.1) is 0 Å². The van der Waals surface area contributed by atoms with E-state index in [-0.39, 0.29) is 24.9 Å². The molecule has 0 bridgehead atoms. The van der Waals surface area contributed by atoms with Crippen LogP contribution in [-0.2, 0) is 15.0 Å². The molecule has 0 aliphatic carbocycles. The molecule has 34 heavy (non-hydrogen) atoms. The smallest absolute Gasteiger partial charge is 0.326 e. The number of carbonyl (C=O) groups is 2. The molecule has 1 aliphatic heterocycles. The predicted molar refractivity (Wildman–Crippen MR) is 127 cm³/mol. The Morgan fingerprint density at radius 1 is 1.15 bits per heavy atom. The molecule has 0 radical (unpaired) electrons. The van der Waals surface area contributed by atoms with Crippen molar-refractivity contribution >= 4 is 39.8 Å². The molecule has 2 N–H and O–H groups in total. The summed E-state index contributed by atoms with van der Waals surface area (Å²) in [5.41, 5.74) is 1.79. The van der Waals surface area contributed by atoms with Gasteiger partial charge in [-0.1, -0.05) is 12.1 Å². The number of aryl methyl sites for hydroxylation is 1. The van der Waals surface area contributed by atoms with E-state index in [0.29, 0.717) is 28.3 Å². The molecule has 3 aromatic heterocycles. The second kappa shape index (κ2) is 8.09. The highest BCUT2D eigenvalue weighted by Crippen LogP contribution is 2.36.